The number of carboxylic acids is 1. The predicted molar refractivity (Wildman–Crippen MR) is 91.1 cm³/mol. The number of allylic oxidation sites excluding steroid dienone is 1. The van der Waals surface area contributed by atoms with E-state index in [4.69, 9.17) is 15.5 Å². The van der Waals surface area contributed by atoms with Crippen molar-refractivity contribution < 1.29 is 28.2 Å². The number of sulfonamides is 1. The molecule has 2 aromatic carbocycles. The number of nitrogens with zero attached hydrogens (tertiary/aromatic N) is 1. The fraction of sp³-hybridized carbons (Fsp3) is 0. The zero-order valence-corrected chi connectivity index (χ0v) is 13.9. The number of carboxylic acid groups (broad SMARTS) is 1. The summed E-state index contributed by atoms with van der Waals surface area (Å²) in [5.74, 6) is -3.62. The van der Waals surface area contributed by atoms with E-state index < -0.39 is 27.5 Å². The Bertz CT molecular complexity index is 1050. The molecule has 0 fully saturated rings. The first-order valence-electron chi connectivity index (χ1n) is 7.05. The Labute approximate surface area is 148 Å². The molecule has 0 saturated carbocycles. The fourth-order valence-corrected chi connectivity index (χ4v) is 3.22. The molecule has 0 saturated heterocycles. The van der Waals surface area contributed by atoms with Crippen molar-refractivity contribution in [1.82, 2.24) is 0 Å². The number of hydrogen-bond donors (Lipinski definition) is 3. The monoisotopic (exact) mass is 372 g/mol. The number of nitriles is 1. The van der Waals surface area contributed by atoms with E-state index in [1.807, 2.05) is 0 Å². The van der Waals surface area contributed by atoms with Crippen LogP contribution in [0.15, 0.2) is 65.3 Å². The Kier molecular flexibility index (Phi) is 5.39. The Morgan fingerprint density at radius 2 is 1.77 bits per heavy atom. The van der Waals surface area contributed by atoms with Crippen LogP contribution in [0.4, 0.5) is 5.69 Å². The molecule has 2 rings (SSSR count). The number of anilines is 1. The van der Waals surface area contributed by atoms with Gasteiger partial charge in [0.1, 0.15) is 11.0 Å². The first kappa shape index (κ1) is 18.7. The lowest BCUT2D eigenvalue weighted by Gasteiger charge is -2.10. The van der Waals surface area contributed by atoms with E-state index in [1.54, 1.807) is 6.07 Å². The number of carbonyl (C=O) groups is 2. The van der Waals surface area contributed by atoms with Crippen molar-refractivity contribution in [2.45, 2.75) is 4.90 Å². The summed E-state index contributed by atoms with van der Waals surface area (Å²) in [6, 6.07) is 12.7. The molecular formula is C17H12N2O6S. The van der Waals surface area contributed by atoms with E-state index in [0.717, 1.165) is 0 Å². The van der Waals surface area contributed by atoms with Crippen LogP contribution in [0, 0.1) is 11.3 Å². The third-order valence-corrected chi connectivity index (χ3v) is 4.62. The van der Waals surface area contributed by atoms with Crippen LogP contribution in [0.2, 0.25) is 0 Å². The maximum absolute atomic E-state index is 12.5. The number of hydrogen-bond acceptors (Lipinski definition) is 6. The highest BCUT2D eigenvalue weighted by molar-refractivity contribution is 7.92. The molecule has 0 aliphatic rings. The topological polar surface area (TPSA) is 145 Å². The van der Waals surface area contributed by atoms with Crippen LogP contribution >= 0.6 is 0 Å². The molecule has 9 heteroatoms. The van der Waals surface area contributed by atoms with Crippen molar-refractivity contribution in [2.75, 3.05) is 4.72 Å². The standard InChI is InChI=1S/C17H12N2O6S/c18-10-12-4-1-2-7-16(12)26(24,25)19-13-6-3-5-11(8-13)14(20)9-15(21)17(22)23/h1-9,19,21H,(H,22,23). The maximum Gasteiger partial charge on any atom is 0.371 e. The Morgan fingerprint density at radius 3 is 2.42 bits per heavy atom. The average Bonchev–Trinajstić information content (AvgIpc) is 2.61. The number of aliphatic hydroxyl groups excluding tert-OH is 1. The van der Waals surface area contributed by atoms with Gasteiger partial charge in [-0.1, -0.05) is 24.3 Å². The van der Waals surface area contributed by atoms with Crippen LogP contribution in [0.1, 0.15) is 15.9 Å². The number of aliphatic hydroxyl groups is 1. The molecule has 0 amide bonds. The highest BCUT2D eigenvalue weighted by atomic mass is 32.2. The lowest BCUT2D eigenvalue weighted by molar-refractivity contribution is -0.135. The van der Waals surface area contributed by atoms with Gasteiger partial charge in [-0.15, -0.1) is 0 Å². The minimum atomic E-state index is -4.08. The largest absolute Gasteiger partial charge is 0.502 e. The normalized spacial score (nSPS) is 11.4. The van der Waals surface area contributed by atoms with Crippen molar-refractivity contribution in [1.29, 1.82) is 5.26 Å². The van der Waals surface area contributed by atoms with Gasteiger partial charge in [-0.05, 0) is 24.3 Å². The number of rotatable bonds is 6. The molecule has 3 N–H and O–H groups in total. The molecule has 0 radical (unpaired) electrons. The second-order valence-corrected chi connectivity index (χ2v) is 6.64. The van der Waals surface area contributed by atoms with E-state index in [2.05, 4.69) is 4.72 Å². The van der Waals surface area contributed by atoms with Gasteiger partial charge in [-0.25, -0.2) is 13.2 Å². The Hall–Kier alpha value is -3.64. The van der Waals surface area contributed by atoms with Gasteiger partial charge in [0.25, 0.3) is 10.0 Å². The van der Waals surface area contributed by atoms with Gasteiger partial charge in [0.15, 0.2) is 5.78 Å². The first-order chi connectivity index (χ1) is 12.2. The van der Waals surface area contributed by atoms with Gasteiger partial charge < -0.3 is 10.2 Å². The third kappa shape index (κ3) is 4.25. The number of carbonyl (C=O) groups excluding carboxylic acids is 1. The van der Waals surface area contributed by atoms with Gasteiger partial charge in [-0.3, -0.25) is 9.52 Å². The molecule has 0 aliphatic heterocycles. The van der Waals surface area contributed by atoms with Gasteiger partial charge in [0.2, 0.25) is 5.76 Å². The van der Waals surface area contributed by atoms with Crippen LogP contribution in [-0.4, -0.2) is 30.4 Å². The molecule has 0 heterocycles. The molecule has 0 spiro atoms. The number of aliphatic carboxylic acids is 1. The van der Waals surface area contributed by atoms with Crippen LogP contribution in [0.5, 0.6) is 0 Å². The molecule has 2 aromatic rings. The molecule has 8 nitrogen and oxygen atoms in total. The molecule has 132 valence electrons. The Balaban J connectivity index is 2.34. The second kappa shape index (κ2) is 7.50. The fourth-order valence-electron chi connectivity index (χ4n) is 2.01. The van der Waals surface area contributed by atoms with Crippen molar-refractivity contribution in [2.24, 2.45) is 0 Å². The first-order valence-corrected chi connectivity index (χ1v) is 8.53. The predicted octanol–water partition coefficient (Wildman–Crippen LogP) is 2.07. The van der Waals surface area contributed by atoms with Crippen LogP contribution in [0.25, 0.3) is 0 Å². The molecular weight excluding hydrogens is 360 g/mol. The minimum absolute atomic E-state index is 0.0341. The summed E-state index contributed by atoms with van der Waals surface area (Å²) >= 11 is 0. The summed E-state index contributed by atoms with van der Waals surface area (Å²) in [5.41, 5.74) is -0.0417. The molecule has 0 unspecified atom stereocenters. The van der Waals surface area contributed by atoms with E-state index in [1.165, 1.54) is 48.5 Å². The summed E-state index contributed by atoms with van der Waals surface area (Å²) in [6.07, 6.45) is 0.515. The van der Waals surface area contributed by atoms with Crippen LogP contribution in [0.3, 0.4) is 0 Å². The zero-order chi connectivity index (χ0) is 19.3. The SMILES string of the molecule is N#Cc1ccccc1S(=O)(=O)Nc1cccc(C(=O)C=C(O)C(=O)O)c1. The summed E-state index contributed by atoms with van der Waals surface area (Å²) < 4.78 is 27.2. The molecule has 26 heavy (non-hydrogen) atoms. The van der Waals surface area contributed by atoms with Crippen molar-refractivity contribution in [3.8, 4) is 6.07 Å². The number of nitrogens with one attached hydrogen (secondary N) is 1. The van der Waals surface area contributed by atoms with E-state index in [0.29, 0.717) is 6.08 Å². The second-order valence-electron chi connectivity index (χ2n) is 4.99. The smallest absolute Gasteiger partial charge is 0.371 e. The Morgan fingerprint density at radius 1 is 1.08 bits per heavy atom. The summed E-state index contributed by atoms with van der Waals surface area (Å²) in [5, 5.41) is 26.7. The molecule has 0 bridgehead atoms. The lowest BCUT2D eigenvalue weighted by Crippen LogP contribution is -2.14. The molecule has 0 aromatic heterocycles. The third-order valence-electron chi connectivity index (χ3n) is 3.18. The summed E-state index contributed by atoms with van der Waals surface area (Å²) in [4.78, 5) is 22.3. The summed E-state index contributed by atoms with van der Waals surface area (Å²) in [7, 11) is -4.08. The van der Waals surface area contributed by atoms with E-state index in [9.17, 15) is 18.0 Å². The average molecular weight is 372 g/mol. The number of benzene rings is 2. The van der Waals surface area contributed by atoms with Crippen LogP contribution < -0.4 is 4.72 Å². The van der Waals surface area contributed by atoms with Gasteiger partial charge in [-0.2, -0.15) is 5.26 Å². The highest BCUT2D eigenvalue weighted by Crippen LogP contribution is 2.20. The van der Waals surface area contributed by atoms with Crippen LogP contribution in [-0.2, 0) is 14.8 Å². The molecule has 0 atom stereocenters. The summed E-state index contributed by atoms with van der Waals surface area (Å²) in [6.45, 7) is 0. The molecule has 0 aliphatic carbocycles. The minimum Gasteiger partial charge on any atom is -0.502 e. The van der Waals surface area contributed by atoms with Crippen molar-refractivity contribution in [3.05, 3.63) is 71.5 Å². The van der Waals surface area contributed by atoms with E-state index in [-0.39, 0.29) is 21.7 Å². The van der Waals surface area contributed by atoms with Gasteiger partial charge in [0.05, 0.1) is 5.56 Å². The van der Waals surface area contributed by atoms with Crippen molar-refractivity contribution in [3.63, 3.8) is 0 Å². The zero-order valence-electron chi connectivity index (χ0n) is 13.1. The highest BCUT2D eigenvalue weighted by Gasteiger charge is 2.19. The van der Waals surface area contributed by atoms with Gasteiger partial charge in [0, 0.05) is 17.3 Å². The lowest BCUT2D eigenvalue weighted by atomic mass is 10.1. The quantitative estimate of drug-likeness (QED) is 0.400. The maximum atomic E-state index is 12.5. The van der Waals surface area contributed by atoms with Crippen molar-refractivity contribution >= 4 is 27.5 Å². The number of ketones is 1. The van der Waals surface area contributed by atoms with Gasteiger partial charge >= 0.3 is 5.97 Å². The van der Waals surface area contributed by atoms with E-state index >= 15 is 0 Å².